The number of carbonyl (C=O) groups excluding carboxylic acids is 1. The molecule has 1 aliphatic rings. The van der Waals surface area contributed by atoms with Gasteiger partial charge >= 0.3 is 0 Å². The number of hydrogen-bond donors (Lipinski definition) is 1. The molecule has 1 fully saturated rings. The van der Waals surface area contributed by atoms with Gasteiger partial charge in [-0.15, -0.1) is 0 Å². The second kappa shape index (κ2) is 10.4. The molecular weight excluding hydrogens is 408 g/mol. The maximum absolute atomic E-state index is 12.6. The van der Waals surface area contributed by atoms with Gasteiger partial charge in [-0.3, -0.25) is 4.79 Å². The molecule has 2 aromatic carbocycles. The third-order valence-electron chi connectivity index (χ3n) is 4.52. The summed E-state index contributed by atoms with van der Waals surface area (Å²) in [6.45, 7) is 3.99. The van der Waals surface area contributed by atoms with Crippen molar-refractivity contribution in [3.63, 3.8) is 0 Å². The second-order valence-corrected chi connectivity index (χ2v) is 8.73. The first-order valence-electron chi connectivity index (χ1n) is 9.72. The number of hydrogen-bond acceptors (Lipinski definition) is 6. The maximum Gasteiger partial charge on any atom is 0.258 e. The molecule has 0 aliphatic carbocycles. The van der Waals surface area contributed by atoms with Crippen LogP contribution in [0.2, 0.25) is 0 Å². The highest BCUT2D eigenvalue weighted by Crippen LogP contribution is 2.20. The zero-order valence-electron chi connectivity index (χ0n) is 16.9. The van der Waals surface area contributed by atoms with Gasteiger partial charge in [0.1, 0.15) is 18.1 Å². The van der Waals surface area contributed by atoms with Crippen molar-refractivity contribution in [2.45, 2.75) is 11.8 Å². The first-order chi connectivity index (χ1) is 14.4. The molecule has 0 saturated carbocycles. The predicted octanol–water partition coefficient (Wildman–Crippen LogP) is 1.59. The van der Waals surface area contributed by atoms with Crippen molar-refractivity contribution in [1.29, 1.82) is 0 Å². The van der Waals surface area contributed by atoms with Crippen LogP contribution in [0.5, 0.6) is 11.5 Å². The summed E-state index contributed by atoms with van der Waals surface area (Å²) in [5.41, 5.74) is 1.12. The fourth-order valence-corrected chi connectivity index (χ4v) is 4.25. The van der Waals surface area contributed by atoms with E-state index in [0.717, 1.165) is 5.56 Å². The van der Waals surface area contributed by atoms with E-state index in [0.29, 0.717) is 44.3 Å². The van der Waals surface area contributed by atoms with Crippen molar-refractivity contribution in [3.8, 4) is 11.5 Å². The zero-order valence-corrected chi connectivity index (χ0v) is 17.7. The van der Waals surface area contributed by atoms with Crippen LogP contribution < -0.4 is 14.8 Å². The molecule has 0 spiro atoms. The van der Waals surface area contributed by atoms with Crippen LogP contribution in [0.15, 0.2) is 53.4 Å². The standard InChI is InChI=1S/C21H26N2O6S/c1-17-2-4-19(5-3-17)29-16-21(24)22-10-13-28-18-6-8-20(9-7-18)30(25,26)23-11-14-27-15-12-23/h2-9H,10-16H2,1H3,(H,22,24). The van der Waals surface area contributed by atoms with Gasteiger partial charge in [-0.2, -0.15) is 4.31 Å². The van der Waals surface area contributed by atoms with Crippen LogP contribution in [0.1, 0.15) is 5.56 Å². The fourth-order valence-electron chi connectivity index (χ4n) is 2.84. The minimum absolute atomic E-state index is 0.0723. The number of aryl methyl sites for hydroxylation is 1. The molecule has 30 heavy (non-hydrogen) atoms. The number of sulfonamides is 1. The highest BCUT2D eigenvalue weighted by atomic mass is 32.2. The van der Waals surface area contributed by atoms with Gasteiger partial charge in [0.05, 0.1) is 24.7 Å². The minimum Gasteiger partial charge on any atom is -0.492 e. The van der Waals surface area contributed by atoms with Gasteiger partial charge in [-0.25, -0.2) is 8.42 Å². The van der Waals surface area contributed by atoms with E-state index in [4.69, 9.17) is 14.2 Å². The number of carbonyl (C=O) groups is 1. The summed E-state index contributed by atoms with van der Waals surface area (Å²) >= 11 is 0. The van der Waals surface area contributed by atoms with E-state index in [1.807, 2.05) is 31.2 Å². The van der Waals surface area contributed by atoms with Gasteiger partial charge in [0.2, 0.25) is 10.0 Å². The Labute approximate surface area is 176 Å². The van der Waals surface area contributed by atoms with E-state index in [1.54, 1.807) is 12.1 Å². The van der Waals surface area contributed by atoms with Crippen LogP contribution in [0, 0.1) is 6.92 Å². The summed E-state index contributed by atoms with van der Waals surface area (Å²) in [4.78, 5) is 12.0. The summed E-state index contributed by atoms with van der Waals surface area (Å²) in [6, 6.07) is 13.7. The Bertz CT molecular complexity index is 923. The van der Waals surface area contributed by atoms with E-state index in [2.05, 4.69) is 5.32 Å². The van der Waals surface area contributed by atoms with Crippen molar-refractivity contribution in [2.24, 2.45) is 0 Å². The predicted molar refractivity (Wildman–Crippen MR) is 111 cm³/mol. The lowest BCUT2D eigenvalue weighted by atomic mass is 10.2. The van der Waals surface area contributed by atoms with E-state index in [1.165, 1.54) is 16.4 Å². The largest absolute Gasteiger partial charge is 0.492 e. The third kappa shape index (κ3) is 6.19. The average Bonchev–Trinajstić information content (AvgIpc) is 2.77. The van der Waals surface area contributed by atoms with Crippen molar-refractivity contribution < 1.29 is 27.4 Å². The zero-order chi connectivity index (χ0) is 21.4. The molecule has 0 bridgehead atoms. The van der Waals surface area contributed by atoms with Crippen molar-refractivity contribution in [1.82, 2.24) is 9.62 Å². The van der Waals surface area contributed by atoms with Gasteiger partial charge in [-0.1, -0.05) is 17.7 Å². The van der Waals surface area contributed by atoms with E-state index in [-0.39, 0.29) is 24.0 Å². The Morgan fingerprint density at radius 3 is 2.27 bits per heavy atom. The highest BCUT2D eigenvalue weighted by Gasteiger charge is 2.26. The van der Waals surface area contributed by atoms with Crippen molar-refractivity contribution >= 4 is 15.9 Å². The highest BCUT2D eigenvalue weighted by molar-refractivity contribution is 7.89. The van der Waals surface area contributed by atoms with Gasteiger partial charge < -0.3 is 19.5 Å². The van der Waals surface area contributed by atoms with Gasteiger partial charge in [0, 0.05) is 13.1 Å². The first-order valence-corrected chi connectivity index (χ1v) is 11.2. The molecule has 9 heteroatoms. The molecule has 0 radical (unpaired) electrons. The van der Waals surface area contributed by atoms with Gasteiger partial charge in [0.15, 0.2) is 6.61 Å². The second-order valence-electron chi connectivity index (χ2n) is 6.79. The number of amides is 1. The summed E-state index contributed by atoms with van der Waals surface area (Å²) < 4.78 is 42.8. The Morgan fingerprint density at radius 1 is 1.00 bits per heavy atom. The molecule has 162 valence electrons. The summed E-state index contributed by atoms with van der Waals surface area (Å²) in [6.07, 6.45) is 0. The monoisotopic (exact) mass is 434 g/mol. The number of nitrogens with one attached hydrogen (secondary N) is 1. The Balaban J connectivity index is 1.38. The molecule has 3 rings (SSSR count). The van der Waals surface area contributed by atoms with E-state index < -0.39 is 10.0 Å². The number of ether oxygens (including phenoxy) is 3. The molecule has 1 saturated heterocycles. The lowest BCUT2D eigenvalue weighted by Crippen LogP contribution is -2.40. The molecular formula is C21H26N2O6S. The quantitative estimate of drug-likeness (QED) is 0.603. The van der Waals surface area contributed by atoms with Crippen LogP contribution >= 0.6 is 0 Å². The fraction of sp³-hybridized carbons (Fsp3) is 0.381. The molecule has 0 atom stereocenters. The SMILES string of the molecule is Cc1ccc(OCC(=O)NCCOc2ccc(S(=O)(=O)N3CCOCC3)cc2)cc1. The first kappa shape index (κ1) is 22.1. The smallest absolute Gasteiger partial charge is 0.258 e. The Hall–Kier alpha value is -2.62. The topological polar surface area (TPSA) is 94.2 Å². The Morgan fingerprint density at radius 2 is 1.60 bits per heavy atom. The van der Waals surface area contributed by atoms with E-state index >= 15 is 0 Å². The van der Waals surface area contributed by atoms with E-state index in [9.17, 15) is 13.2 Å². The molecule has 1 heterocycles. The van der Waals surface area contributed by atoms with Crippen LogP contribution in [0.3, 0.4) is 0 Å². The molecule has 0 unspecified atom stereocenters. The van der Waals surface area contributed by atoms with Crippen LogP contribution in [0.25, 0.3) is 0 Å². The van der Waals surface area contributed by atoms with Crippen molar-refractivity contribution in [2.75, 3.05) is 46.1 Å². The summed E-state index contributed by atoms with van der Waals surface area (Å²) in [5.74, 6) is 0.923. The number of rotatable bonds is 9. The minimum atomic E-state index is -3.52. The molecule has 1 aliphatic heterocycles. The third-order valence-corrected chi connectivity index (χ3v) is 6.43. The maximum atomic E-state index is 12.6. The normalized spacial score (nSPS) is 14.8. The lowest BCUT2D eigenvalue weighted by molar-refractivity contribution is -0.123. The molecule has 8 nitrogen and oxygen atoms in total. The van der Waals surface area contributed by atoms with Crippen molar-refractivity contribution in [3.05, 3.63) is 54.1 Å². The molecule has 2 aromatic rings. The summed E-state index contributed by atoms with van der Waals surface area (Å²) in [5, 5.41) is 2.71. The lowest BCUT2D eigenvalue weighted by Gasteiger charge is -2.26. The molecule has 1 N–H and O–H groups in total. The number of benzene rings is 2. The van der Waals surface area contributed by atoms with Crippen LogP contribution in [0.4, 0.5) is 0 Å². The van der Waals surface area contributed by atoms with Gasteiger partial charge in [-0.05, 0) is 43.3 Å². The molecule has 0 aromatic heterocycles. The average molecular weight is 435 g/mol. The molecule has 1 amide bonds. The Kier molecular flexibility index (Phi) is 7.67. The van der Waals surface area contributed by atoms with Gasteiger partial charge in [0.25, 0.3) is 5.91 Å². The van der Waals surface area contributed by atoms with Crippen LogP contribution in [-0.4, -0.2) is 64.7 Å². The van der Waals surface area contributed by atoms with Crippen LogP contribution in [-0.2, 0) is 19.6 Å². The number of morpholine rings is 1. The summed E-state index contributed by atoms with van der Waals surface area (Å²) in [7, 11) is -3.52. The number of nitrogens with zero attached hydrogens (tertiary/aromatic N) is 1.